The summed E-state index contributed by atoms with van der Waals surface area (Å²) >= 11 is 0. The molecule has 1 aliphatic carbocycles. The van der Waals surface area contributed by atoms with Crippen LogP contribution in [0.5, 0.6) is 0 Å². The summed E-state index contributed by atoms with van der Waals surface area (Å²) in [6, 6.07) is 5.79. The molecule has 1 fully saturated rings. The number of benzene rings is 1. The van der Waals surface area contributed by atoms with Crippen LogP contribution in [-0.4, -0.2) is 15.9 Å². The second-order valence-corrected chi connectivity index (χ2v) is 4.71. The molecule has 0 unspecified atom stereocenters. The van der Waals surface area contributed by atoms with Gasteiger partial charge in [-0.15, -0.1) is 0 Å². The normalized spacial score (nSPS) is 19.2. The highest BCUT2D eigenvalue weighted by molar-refractivity contribution is 5.74. The Hall–Kier alpha value is -1.58. The fraction of sp³-hybridized carbons (Fsp3) is 0.385. The lowest BCUT2D eigenvalue weighted by Gasteiger charge is -2.34. The number of alkyl halides is 2. The van der Waals surface area contributed by atoms with Crippen molar-refractivity contribution >= 4 is 11.0 Å². The van der Waals surface area contributed by atoms with Crippen LogP contribution in [0.4, 0.5) is 8.78 Å². The summed E-state index contributed by atoms with van der Waals surface area (Å²) in [6.07, 6.45) is 4.04. The minimum absolute atomic E-state index is 0.0194. The highest BCUT2D eigenvalue weighted by atomic mass is 19.3. The topological polar surface area (TPSA) is 25.8 Å². The van der Waals surface area contributed by atoms with Crippen LogP contribution >= 0.6 is 0 Å². The lowest BCUT2D eigenvalue weighted by Crippen LogP contribution is -2.36. The maximum atomic E-state index is 12.7. The van der Waals surface area contributed by atoms with Crippen LogP contribution in [-0.2, 0) is 6.42 Å². The molecule has 1 aromatic heterocycles. The lowest BCUT2D eigenvalue weighted by molar-refractivity contribution is -0.109. The first-order chi connectivity index (χ1) is 8.12. The van der Waals surface area contributed by atoms with Gasteiger partial charge in [0.15, 0.2) is 0 Å². The number of aromatic nitrogens is 2. The maximum Gasteiger partial charge on any atom is 0.248 e. The Morgan fingerprint density at radius 3 is 2.53 bits per heavy atom. The van der Waals surface area contributed by atoms with Gasteiger partial charge in [-0.3, -0.25) is 9.97 Å². The van der Waals surface area contributed by atoms with Gasteiger partial charge in [0, 0.05) is 25.2 Å². The Labute approximate surface area is 97.7 Å². The van der Waals surface area contributed by atoms with Gasteiger partial charge in [-0.25, -0.2) is 8.78 Å². The van der Waals surface area contributed by atoms with Gasteiger partial charge in [-0.05, 0) is 30.0 Å². The zero-order valence-electron chi connectivity index (χ0n) is 9.24. The van der Waals surface area contributed by atoms with E-state index in [1.807, 2.05) is 18.2 Å². The molecule has 1 saturated carbocycles. The predicted molar refractivity (Wildman–Crippen MR) is 60.9 cm³/mol. The molecule has 0 N–H and O–H groups in total. The Balaban J connectivity index is 1.78. The Morgan fingerprint density at radius 1 is 1.12 bits per heavy atom. The van der Waals surface area contributed by atoms with E-state index >= 15 is 0 Å². The summed E-state index contributed by atoms with van der Waals surface area (Å²) in [7, 11) is 0. The summed E-state index contributed by atoms with van der Waals surface area (Å²) < 4.78 is 25.4. The molecule has 0 saturated heterocycles. The molecule has 2 aromatic rings. The van der Waals surface area contributed by atoms with Gasteiger partial charge in [-0.1, -0.05) is 6.07 Å². The fourth-order valence-corrected chi connectivity index (χ4v) is 2.40. The van der Waals surface area contributed by atoms with Gasteiger partial charge >= 0.3 is 0 Å². The fourth-order valence-electron chi connectivity index (χ4n) is 2.40. The SMILES string of the molecule is FC1(F)CC(Cc2ccc3nccnc3c2)C1. The third-order valence-electron chi connectivity index (χ3n) is 3.23. The third kappa shape index (κ3) is 2.12. The zero-order valence-corrected chi connectivity index (χ0v) is 9.24. The van der Waals surface area contributed by atoms with E-state index in [1.54, 1.807) is 12.4 Å². The van der Waals surface area contributed by atoms with E-state index in [0.29, 0.717) is 6.42 Å². The van der Waals surface area contributed by atoms with Crippen molar-refractivity contribution in [3.8, 4) is 0 Å². The predicted octanol–water partition coefficient (Wildman–Crippen LogP) is 3.22. The molecule has 3 rings (SSSR count). The van der Waals surface area contributed by atoms with Crippen LogP contribution in [0.15, 0.2) is 30.6 Å². The van der Waals surface area contributed by atoms with E-state index in [0.717, 1.165) is 16.6 Å². The van der Waals surface area contributed by atoms with Gasteiger partial charge in [-0.2, -0.15) is 0 Å². The van der Waals surface area contributed by atoms with Gasteiger partial charge in [0.25, 0.3) is 0 Å². The summed E-state index contributed by atoms with van der Waals surface area (Å²) in [5, 5.41) is 0. The molecule has 4 heteroatoms. The highest BCUT2D eigenvalue weighted by Crippen LogP contribution is 2.43. The highest BCUT2D eigenvalue weighted by Gasteiger charge is 2.44. The van der Waals surface area contributed by atoms with Crippen molar-refractivity contribution in [1.82, 2.24) is 9.97 Å². The molecule has 0 atom stereocenters. The molecular weight excluding hydrogens is 222 g/mol. The molecule has 1 aliphatic rings. The largest absolute Gasteiger partial charge is 0.253 e. The minimum Gasteiger partial charge on any atom is -0.253 e. The molecular formula is C13H12F2N2. The van der Waals surface area contributed by atoms with Gasteiger partial charge in [0.1, 0.15) is 0 Å². The standard InChI is InChI=1S/C13H12F2N2/c14-13(15)7-10(8-13)5-9-1-2-11-12(6-9)17-4-3-16-11/h1-4,6,10H,5,7-8H2. The number of fused-ring (bicyclic) bond motifs is 1. The summed E-state index contributed by atoms with van der Waals surface area (Å²) in [6.45, 7) is 0. The Morgan fingerprint density at radius 2 is 1.82 bits per heavy atom. The van der Waals surface area contributed by atoms with Crippen molar-refractivity contribution in [2.75, 3.05) is 0 Å². The number of hydrogen-bond acceptors (Lipinski definition) is 2. The minimum atomic E-state index is -2.43. The van der Waals surface area contributed by atoms with Crippen LogP contribution in [0.25, 0.3) is 11.0 Å². The van der Waals surface area contributed by atoms with E-state index < -0.39 is 5.92 Å². The molecule has 0 amide bonds. The van der Waals surface area contributed by atoms with Crippen molar-refractivity contribution in [1.29, 1.82) is 0 Å². The average Bonchev–Trinajstić information content (AvgIpc) is 2.26. The summed E-state index contributed by atoms with van der Waals surface area (Å²) in [4.78, 5) is 8.39. The molecule has 0 radical (unpaired) electrons. The van der Waals surface area contributed by atoms with Crippen molar-refractivity contribution in [2.45, 2.75) is 25.2 Å². The molecule has 1 heterocycles. The molecule has 88 valence electrons. The van der Waals surface area contributed by atoms with Crippen molar-refractivity contribution in [3.63, 3.8) is 0 Å². The van der Waals surface area contributed by atoms with Gasteiger partial charge in [0.05, 0.1) is 11.0 Å². The van der Waals surface area contributed by atoms with E-state index in [4.69, 9.17) is 0 Å². The van der Waals surface area contributed by atoms with E-state index in [2.05, 4.69) is 9.97 Å². The second kappa shape index (κ2) is 3.72. The quantitative estimate of drug-likeness (QED) is 0.797. The number of rotatable bonds is 2. The summed E-state index contributed by atoms with van der Waals surface area (Å²) in [5.74, 6) is -2.32. The molecule has 0 aliphatic heterocycles. The number of nitrogens with zero attached hydrogens (tertiary/aromatic N) is 2. The lowest BCUT2D eigenvalue weighted by atomic mass is 9.77. The molecule has 2 nitrogen and oxygen atoms in total. The molecule has 1 aromatic carbocycles. The van der Waals surface area contributed by atoms with Crippen LogP contribution in [0, 0.1) is 5.92 Å². The Bertz CT molecular complexity index is 546. The van der Waals surface area contributed by atoms with Crippen molar-refractivity contribution < 1.29 is 8.78 Å². The second-order valence-electron chi connectivity index (χ2n) is 4.71. The maximum absolute atomic E-state index is 12.7. The summed E-state index contributed by atoms with van der Waals surface area (Å²) in [5.41, 5.74) is 2.74. The Kier molecular flexibility index (Phi) is 2.31. The third-order valence-corrected chi connectivity index (χ3v) is 3.23. The first-order valence-corrected chi connectivity index (χ1v) is 5.70. The van der Waals surface area contributed by atoms with Gasteiger partial charge < -0.3 is 0 Å². The van der Waals surface area contributed by atoms with E-state index in [-0.39, 0.29) is 18.8 Å². The van der Waals surface area contributed by atoms with Crippen LogP contribution in [0.3, 0.4) is 0 Å². The first kappa shape index (κ1) is 10.6. The molecule has 17 heavy (non-hydrogen) atoms. The number of halogens is 2. The first-order valence-electron chi connectivity index (χ1n) is 5.70. The smallest absolute Gasteiger partial charge is 0.248 e. The van der Waals surface area contributed by atoms with Crippen LogP contribution in [0.1, 0.15) is 18.4 Å². The van der Waals surface area contributed by atoms with Crippen LogP contribution in [0.2, 0.25) is 0 Å². The van der Waals surface area contributed by atoms with Crippen molar-refractivity contribution in [2.24, 2.45) is 5.92 Å². The molecule has 0 bridgehead atoms. The van der Waals surface area contributed by atoms with E-state index in [1.165, 1.54) is 0 Å². The molecule has 0 spiro atoms. The van der Waals surface area contributed by atoms with Crippen molar-refractivity contribution in [3.05, 3.63) is 36.2 Å². The zero-order chi connectivity index (χ0) is 11.9. The average molecular weight is 234 g/mol. The van der Waals surface area contributed by atoms with Gasteiger partial charge in [0.2, 0.25) is 5.92 Å². The monoisotopic (exact) mass is 234 g/mol. The number of hydrogen-bond donors (Lipinski definition) is 0. The van der Waals surface area contributed by atoms with E-state index in [9.17, 15) is 8.78 Å². The van der Waals surface area contributed by atoms with Crippen LogP contribution < -0.4 is 0 Å².